The average Bonchev–Trinajstić information content (AvgIpc) is 2.81. The first-order chi connectivity index (χ1) is 18.8. The standard InChI is InChI=1S/2C18H25P.2ClH.Pd/c2*1-17(2,3)19(18(4,5)6)16-12-11-14-9-7-8-10-15(14)13-16;;;/h2*7-13H,1-6H3;2*1H;/q;;;;+2/p-2. The first-order valence-corrected chi connectivity index (χ1v) is 20.9. The van der Waals surface area contributed by atoms with Crippen LogP contribution in [-0.4, -0.2) is 20.6 Å². The van der Waals surface area contributed by atoms with Gasteiger partial charge in [0.05, 0.1) is 0 Å². The van der Waals surface area contributed by atoms with Crippen molar-refractivity contribution in [3.63, 3.8) is 0 Å². The Bertz CT molecular complexity index is 1250. The van der Waals surface area contributed by atoms with Gasteiger partial charge in [-0.2, -0.15) is 0 Å². The van der Waals surface area contributed by atoms with Crippen molar-refractivity contribution in [2.24, 2.45) is 0 Å². The third-order valence-electron chi connectivity index (χ3n) is 6.67. The van der Waals surface area contributed by atoms with Crippen molar-refractivity contribution in [1.29, 1.82) is 0 Å². The molecule has 0 aliphatic rings. The van der Waals surface area contributed by atoms with Crippen LogP contribution in [0.5, 0.6) is 0 Å². The van der Waals surface area contributed by atoms with Gasteiger partial charge in [-0.3, -0.25) is 0 Å². The van der Waals surface area contributed by atoms with Crippen LogP contribution in [-0.2, 0) is 15.9 Å². The van der Waals surface area contributed by atoms with Crippen LogP contribution < -0.4 is 10.6 Å². The number of halogens is 2. The van der Waals surface area contributed by atoms with E-state index in [1.54, 1.807) is 0 Å². The number of hydrogen-bond donors (Lipinski definition) is 0. The van der Waals surface area contributed by atoms with E-state index in [0.717, 1.165) is 0 Å². The van der Waals surface area contributed by atoms with Gasteiger partial charge in [0.25, 0.3) is 0 Å². The Balaban J connectivity index is 0.000000262. The zero-order valence-corrected chi connectivity index (χ0v) is 31.9. The summed E-state index contributed by atoms with van der Waals surface area (Å²) in [4.78, 5) is 0. The predicted octanol–water partition coefficient (Wildman–Crippen LogP) is 12.5. The monoisotopic (exact) mass is 720 g/mol. The summed E-state index contributed by atoms with van der Waals surface area (Å²) in [6.07, 6.45) is 0. The van der Waals surface area contributed by atoms with Gasteiger partial charge in [-0.05, 0) is 64.9 Å². The van der Waals surface area contributed by atoms with Crippen LogP contribution in [0, 0.1) is 0 Å². The Morgan fingerprint density at radius 1 is 0.415 bits per heavy atom. The van der Waals surface area contributed by atoms with E-state index in [0.29, 0.717) is 20.6 Å². The third-order valence-corrected chi connectivity index (χ3v) is 13.6. The molecule has 0 aliphatic heterocycles. The molecule has 0 heterocycles. The van der Waals surface area contributed by atoms with Crippen LogP contribution in [0.1, 0.15) is 83.1 Å². The Kier molecular flexibility index (Phi) is 13.4. The number of hydrogen-bond acceptors (Lipinski definition) is 0. The van der Waals surface area contributed by atoms with E-state index in [1.165, 1.54) is 32.2 Å². The molecule has 0 saturated heterocycles. The molecule has 0 fully saturated rings. The van der Waals surface area contributed by atoms with Crippen LogP contribution in [0.4, 0.5) is 0 Å². The molecule has 5 heteroatoms. The first kappa shape index (κ1) is 36.7. The van der Waals surface area contributed by atoms with E-state index < -0.39 is 0 Å². The molecule has 0 aliphatic carbocycles. The molecule has 0 N–H and O–H groups in total. The van der Waals surface area contributed by atoms with Crippen LogP contribution in [0.25, 0.3) is 21.5 Å². The fourth-order valence-corrected chi connectivity index (χ4v) is 14.3. The first-order valence-electron chi connectivity index (χ1n) is 14.2. The van der Waals surface area contributed by atoms with Gasteiger partial charge in [0.2, 0.25) is 0 Å². The Morgan fingerprint density at radius 3 is 0.902 bits per heavy atom. The number of fused-ring (bicyclic) bond motifs is 2. The molecule has 228 valence electrons. The molecule has 0 saturated carbocycles. The van der Waals surface area contributed by atoms with Crippen LogP contribution in [0.15, 0.2) is 84.9 Å². The number of rotatable bonds is 2. The molecule has 0 amide bonds. The van der Waals surface area contributed by atoms with E-state index >= 15 is 0 Å². The summed E-state index contributed by atoms with van der Waals surface area (Å²) in [6.45, 7) is 28.5. The predicted molar refractivity (Wildman–Crippen MR) is 192 cm³/mol. The van der Waals surface area contributed by atoms with Crippen molar-refractivity contribution in [2.45, 2.75) is 104 Å². The van der Waals surface area contributed by atoms with Crippen LogP contribution in [0.3, 0.4) is 0 Å². The molecule has 0 nitrogen and oxygen atoms in total. The van der Waals surface area contributed by atoms with Gasteiger partial charge in [-0.25, -0.2) is 0 Å². The van der Waals surface area contributed by atoms with Crippen LogP contribution in [0.2, 0.25) is 0 Å². The summed E-state index contributed by atoms with van der Waals surface area (Å²) in [7, 11) is 9.21. The average molecular weight is 722 g/mol. The molecule has 0 radical (unpaired) electrons. The van der Waals surface area contributed by atoms with Gasteiger partial charge in [-0.1, -0.05) is 172 Å². The summed E-state index contributed by atoms with van der Waals surface area (Å²) in [6, 6.07) is 31.3. The van der Waals surface area contributed by atoms with Gasteiger partial charge >= 0.3 is 35.0 Å². The molecule has 0 spiro atoms. The minimum atomic E-state index is -0.211. The minimum absolute atomic E-state index is 0.106. The SMILES string of the molecule is CC(C)(C)P(c1ccc2ccccc2c1)C(C)(C)C.CC(C)(C)P(c1ccc2ccccc2c1)C(C)(C)C.[Cl][Pd][Cl]. The summed E-state index contributed by atoms with van der Waals surface area (Å²) in [5.41, 5.74) is 0. The molecule has 4 aromatic carbocycles. The van der Waals surface area contributed by atoms with Gasteiger partial charge in [0.15, 0.2) is 0 Å². The number of benzene rings is 4. The second-order valence-corrected chi connectivity index (χ2v) is 24.6. The Hall–Kier alpha value is -0.498. The fraction of sp³-hybridized carbons (Fsp3) is 0.444. The van der Waals surface area contributed by atoms with Gasteiger partial charge in [0.1, 0.15) is 0 Å². The molecule has 41 heavy (non-hydrogen) atoms. The van der Waals surface area contributed by atoms with Crippen LogP contribution >= 0.6 is 34.9 Å². The van der Waals surface area contributed by atoms with E-state index in [1.807, 2.05) is 0 Å². The molecule has 0 unspecified atom stereocenters. The van der Waals surface area contributed by atoms with Gasteiger partial charge in [-0.15, -0.1) is 0 Å². The van der Waals surface area contributed by atoms with Gasteiger partial charge < -0.3 is 0 Å². The summed E-state index contributed by atoms with van der Waals surface area (Å²) in [5, 5.41) is 9.76. The van der Waals surface area contributed by atoms with Crippen molar-refractivity contribution in [1.82, 2.24) is 0 Å². The molecular formula is C36H50Cl2P2Pd. The molecular weight excluding hydrogens is 672 g/mol. The Labute approximate surface area is 270 Å². The van der Waals surface area contributed by atoms with E-state index in [9.17, 15) is 0 Å². The van der Waals surface area contributed by atoms with E-state index in [-0.39, 0.29) is 31.8 Å². The molecule has 4 rings (SSSR count). The summed E-state index contributed by atoms with van der Waals surface area (Å²) < 4.78 is 0. The third kappa shape index (κ3) is 10.9. The Morgan fingerprint density at radius 2 is 0.659 bits per heavy atom. The van der Waals surface area contributed by atoms with Crippen molar-refractivity contribution >= 4 is 67.1 Å². The zero-order chi connectivity index (χ0) is 31.2. The fourth-order valence-electron chi connectivity index (χ4n) is 6.19. The molecule has 0 atom stereocenters. The van der Waals surface area contributed by atoms with Crippen molar-refractivity contribution in [3.05, 3.63) is 84.9 Å². The molecule has 4 aromatic rings. The normalized spacial score (nSPS) is 12.8. The van der Waals surface area contributed by atoms with E-state index in [2.05, 4.69) is 168 Å². The topological polar surface area (TPSA) is 0 Å². The van der Waals surface area contributed by atoms with Crippen molar-refractivity contribution < 1.29 is 15.9 Å². The molecule has 0 bridgehead atoms. The summed E-state index contributed by atoms with van der Waals surface area (Å²) in [5.74, 6) is 0. The quantitative estimate of drug-likeness (QED) is 0.143. The van der Waals surface area contributed by atoms with Gasteiger partial charge in [0, 0.05) is 0 Å². The second-order valence-electron chi connectivity index (χ2n) is 14.5. The maximum absolute atomic E-state index is 4.81. The van der Waals surface area contributed by atoms with Crippen molar-refractivity contribution in [3.8, 4) is 0 Å². The van der Waals surface area contributed by atoms with E-state index in [4.69, 9.17) is 19.1 Å². The van der Waals surface area contributed by atoms with Crippen molar-refractivity contribution in [2.75, 3.05) is 0 Å². The maximum atomic E-state index is 4.81. The zero-order valence-electron chi connectivity index (χ0n) is 27.0. The summed E-state index contributed by atoms with van der Waals surface area (Å²) >= 11 is -0.106. The molecule has 0 aromatic heterocycles. The second kappa shape index (κ2) is 15.0.